The Bertz CT molecular complexity index is 159. The van der Waals surface area contributed by atoms with E-state index in [1.165, 1.54) is 45.2 Å². The Balaban J connectivity index is 2.08. The van der Waals surface area contributed by atoms with E-state index in [4.69, 9.17) is 0 Å². The molecule has 90 valence electrons. The molecular formula is C13H28N2. The van der Waals surface area contributed by atoms with Crippen LogP contribution < -0.4 is 5.32 Å². The lowest BCUT2D eigenvalue weighted by atomic mass is 10.1. The predicted octanol–water partition coefficient (Wildman–Crippen LogP) is 2.64. The van der Waals surface area contributed by atoms with Crippen molar-refractivity contribution in [3.05, 3.63) is 0 Å². The largest absolute Gasteiger partial charge is 0.314 e. The molecule has 2 atom stereocenters. The fraction of sp³-hybridized carbons (Fsp3) is 1.00. The van der Waals surface area contributed by atoms with Gasteiger partial charge in [0.05, 0.1) is 0 Å². The van der Waals surface area contributed by atoms with Crippen molar-refractivity contribution in [2.75, 3.05) is 19.6 Å². The summed E-state index contributed by atoms with van der Waals surface area (Å²) in [7, 11) is 0. The van der Waals surface area contributed by atoms with Crippen molar-refractivity contribution in [2.45, 2.75) is 65.0 Å². The quantitative estimate of drug-likeness (QED) is 0.698. The van der Waals surface area contributed by atoms with Crippen LogP contribution in [0.3, 0.4) is 0 Å². The monoisotopic (exact) mass is 212 g/mol. The standard InChI is InChI=1S/C13H28N2/c1-4-13(14-5-2)9-7-11-15-10-6-8-12(15)3/h12-14H,4-11H2,1-3H3. The molecule has 1 heterocycles. The summed E-state index contributed by atoms with van der Waals surface area (Å²) in [6, 6.07) is 1.58. The Morgan fingerprint density at radius 2 is 2.20 bits per heavy atom. The lowest BCUT2D eigenvalue weighted by Gasteiger charge is -2.22. The Hall–Kier alpha value is -0.0800. The molecule has 1 N–H and O–H groups in total. The van der Waals surface area contributed by atoms with Crippen molar-refractivity contribution in [3.8, 4) is 0 Å². The van der Waals surface area contributed by atoms with E-state index in [1.807, 2.05) is 0 Å². The minimum Gasteiger partial charge on any atom is -0.314 e. The molecule has 2 unspecified atom stereocenters. The summed E-state index contributed by atoms with van der Waals surface area (Å²) in [5.74, 6) is 0. The van der Waals surface area contributed by atoms with Gasteiger partial charge in [0, 0.05) is 12.1 Å². The van der Waals surface area contributed by atoms with Crippen LogP contribution in [0.25, 0.3) is 0 Å². The van der Waals surface area contributed by atoms with Crippen molar-refractivity contribution in [1.29, 1.82) is 0 Å². The van der Waals surface area contributed by atoms with Gasteiger partial charge in [-0.05, 0) is 58.7 Å². The van der Waals surface area contributed by atoms with Gasteiger partial charge in [-0.1, -0.05) is 13.8 Å². The number of nitrogens with one attached hydrogen (secondary N) is 1. The average molecular weight is 212 g/mol. The van der Waals surface area contributed by atoms with Crippen LogP contribution in [-0.4, -0.2) is 36.6 Å². The van der Waals surface area contributed by atoms with Crippen molar-refractivity contribution in [1.82, 2.24) is 10.2 Å². The van der Waals surface area contributed by atoms with E-state index in [-0.39, 0.29) is 0 Å². The second-order valence-corrected chi connectivity index (χ2v) is 4.83. The molecule has 2 nitrogen and oxygen atoms in total. The van der Waals surface area contributed by atoms with Gasteiger partial charge in [0.1, 0.15) is 0 Å². The molecule has 0 aromatic carbocycles. The second-order valence-electron chi connectivity index (χ2n) is 4.83. The number of likely N-dealkylation sites (tertiary alicyclic amines) is 1. The van der Waals surface area contributed by atoms with Crippen LogP contribution in [0.2, 0.25) is 0 Å². The zero-order valence-corrected chi connectivity index (χ0v) is 10.8. The fourth-order valence-corrected chi connectivity index (χ4v) is 2.60. The third kappa shape index (κ3) is 4.52. The Kier molecular flexibility index (Phi) is 6.26. The molecule has 1 fully saturated rings. The minimum atomic E-state index is 0.743. The summed E-state index contributed by atoms with van der Waals surface area (Å²) in [4.78, 5) is 2.65. The highest BCUT2D eigenvalue weighted by molar-refractivity contribution is 4.75. The lowest BCUT2D eigenvalue weighted by molar-refractivity contribution is 0.257. The number of nitrogens with zero attached hydrogens (tertiary/aromatic N) is 1. The predicted molar refractivity (Wildman–Crippen MR) is 67.3 cm³/mol. The molecule has 1 rings (SSSR count). The van der Waals surface area contributed by atoms with Gasteiger partial charge in [-0.2, -0.15) is 0 Å². The first kappa shape index (κ1) is 13.0. The first-order valence-corrected chi connectivity index (χ1v) is 6.75. The van der Waals surface area contributed by atoms with Gasteiger partial charge in [-0.25, -0.2) is 0 Å². The molecule has 0 aromatic rings. The SMILES string of the molecule is CCNC(CC)CCCN1CCCC1C. The van der Waals surface area contributed by atoms with Crippen molar-refractivity contribution in [2.24, 2.45) is 0 Å². The maximum Gasteiger partial charge on any atom is 0.00674 e. The highest BCUT2D eigenvalue weighted by Crippen LogP contribution is 2.17. The summed E-state index contributed by atoms with van der Waals surface area (Å²) in [6.45, 7) is 10.6. The van der Waals surface area contributed by atoms with E-state index >= 15 is 0 Å². The molecule has 2 heteroatoms. The summed E-state index contributed by atoms with van der Waals surface area (Å²) >= 11 is 0. The van der Waals surface area contributed by atoms with E-state index in [1.54, 1.807) is 0 Å². The summed E-state index contributed by atoms with van der Waals surface area (Å²) < 4.78 is 0. The van der Waals surface area contributed by atoms with Gasteiger partial charge in [-0.3, -0.25) is 0 Å². The molecule has 0 aliphatic carbocycles. The van der Waals surface area contributed by atoms with E-state index in [2.05, 4.69) is 31.0 Å². The molecule has 0 saturated carbocycles. The van der Waals surface area contributed by atoms with E-state index < -0.39 is 0 Å². The average Bonchev–Trinajstić information content (AvgIpc) is 2.63. The summed E-state index contributed by atoms with van der Waals surface area (Å²) in [5, 5.41) is 3.55. The van der Waals surface area contributed by atoms with Crippen molar-refractivity contribution < 1.29 is 0 Å². The van der Waals surface area contributed by atoms with E-state index in [0.717, 1.165) is 18.6 Å². The van der Waals surface area contributed by atoms with Gasteiger partial charge in [0.15, 0.2) is 0 Å². The van der Waals surface area contributed by atoms with Crippen LogP contribution in [0.15, 0.2) is 0 Å². The van der Waals surface area contributed by atoms with Crippen LogP contribution in [0.4, 0.5) is 0 Å². The maximum atomic E-state index is 3.55. The Morgan fingerprint density at radius 3 is 2.73 bits per heavy atom. The molecule has 15 heavy (non-hydrogen) atoms. The zero-order valence-electron chi connectivity index (χ0n) is 10.8. The highest BCUT2D eigenvalue weighted by Gasteiger charge is 2.19. The van der Waals surface area contributed by atoms with E-state index in [9.17, 15) is 0 Å². The van der Waals surface area contributed by atoms with Crippen LogP contribution in [0.1, 0.15) is 52.9 Å². The van der Waals surface area contributed by atoms with Crippen LogP contribution >= 0.6 is 0 Å². The molecule has 0 bridgehead atoms. The number of hydrogen-bond acceptors (Lipinski definition) is 2. The molecule has 0 spiro atoms. The van der Waals surface area contributed by atoms with Gasteiger partial charge in [0.2, 0.25) is 0 Å². The normalized spacial score (nSPS) is 24.6. The maximum absolute atomic E-state index is 3.55. The van der Waals surface area contributed by atoms with Crippen molar-refractivity contribution in [3.63, 3.8) is 0 Å². The number of hydrogen-bond donors (Lipinski definition) is 1. The fourth-order valence-electron chi connectivity index (χ4n) is 2.60. The van der Waals surface area contributed by atoms with Gasteiger partial charge >= 0.3 is 0 Å². The summed E-state index contributed by atoms with van der Waals surface area (Å²) in [5.41, 5.74) is 0. The molecule has 0 aromatic heterocycles. The highest BCUT2D eigenvalue weighted by atomic mass is 15.2. The first-order valence-electron chi connectivity index (χ1n) is 6.75. The molecule has 1 aliphatic heterocycles. The Morgan fingerprint density at radius 1 is 1.40 bits per heavy atom. The van der Waals surface area contributed by atoms with Crippen molar-refractivity contribution >= 4 is 0 Å². The minimum absolute atomic E-state index is 0.743. The molecule has 1 saturated heterocycles. The van der Waals surface area contributed by atoms with Gasteiger partial charge in [0.25, 0.3) is 0 Å². The number of rotatable bonds is 7. The third-order valence-electron chi connectivity index (χ3n) is 3.67. The van der Waals surface area contributed by atoms with E-state index in [0.29, 0.717) is 0 Å². The molecule has 0 radical (unpaired) electrons. The summed E-state index contributed by atoms with van der Waals surface area (Å²) in [6.07, 6.45) is 6.78. The smallest absolute Gasteiger partial charge is 0.00674 e. The second kappa shape index (κ2) is 7.24. The first-order chi connectivity index (χ1) is 7.27. The third-order valence-corrected chi connectivity index (χ3v) is 3.67. The topological polar surface area (TPSA) is 15.3 Å². The molecular weight excluding hydrogens is 184 g/mol. The Labute approximate surface area is 95.4 Å². The molecule has 1 aliphatic rings. The molecule has 0 amide bonds. The lowest BCUT2D eigenvalue weighted by Crippen LogP contribution is -2.31. The van der Waals surface area contributed by atoms with Crippen LogP contribution in [-0.2, 0) is 0 Å². The van der Waals surface area contributed by atoms with Gasteiger partial charge in [-0.15, -0.1) is 0 Å². The van der Waals surface area contributed by atoms with Gasteiger partial charge < -0.3 is 10.2 Å². The zero-order chi connectivity index (χ0) is 11.1. The van der Waals surface area contributed by atoms with Crippen LogP contribution in [0.5, 0.6) is 0 Å². The van der Waals surface area contributed by atoms with Crippen LogP contribution in [0, 0.1) is 0 Å².